The predicted octanol–water partition coefficient (Wildman–Crippen LogP) is 1.63. The second kappa shape index (κ2) is 3.34. The zero-order chi connectivity index (χ0) is 10.3. The SMILES string of the molecule is OCC1(c2cn3c(n2)CCCC3)CCC1. The maximum atomic E-state index is 9.50. The van der Waals surface area contributed by atoms with E-state index in [1.807, 2.05) is 0 Å². The number of hydrogen-bond acceptors (Lipinski definition) is 2. The number of hydrogen-bond donors (Lipinski definition) is 1. The fraction of sp³-hybridized carbons (Fsp3) is 0.750. The minimum atomic E-state index is 0.0182. The van der Waals surface area contributed by atoms with Crippen molar-refractivity contribution >= 4 is 0 Å². The molecule has 2 heterocycles. The monoisotopic (exact) mass is 206 g/mol. The third-order valence-electron chi connectivity index (χ3n) is 4.07. The zero-order valence-corrected chi connectivity index (χ0v) is 9.08. The molecule has 1 fully saturated rings. The first kappa shape index (κ1) is 9.40. The van der Waals surface area contributed by atoms with Gasteiger partial charge in [0.1, 0.15) is 5.82 Å². The van der Waals surface area contributed by atoms with Gasteiger partial charge in [0.2, 0.25) is 0 Å². The molecule has 3 rings (SSSR count). The van der Waals surface area contributed by atoms with Crippen LogP contribution < -0.4 is 0 Å². The van der Waals surface area contributed by atoms with E-state index in [1.54, 1.807) is 0 Å². The average Bonchev–Trinajstić information content (AvgIpc) is 2.60. The maximum Gasteiger partial charge on any atom is 0.108 e. The first-order chi connectivity index (χ1) is 7.34. The second-order valence-electron chi connectivity index (χ2n) is 4.98. The van der Waals surface area contributed by atoms with Crippen LogP contribution in [-0.4, -0.2) is 21.3 Å². The van der Waals surface area contributed by atoms with Crippen LogP contribution in [0.4, 0.5) is 0 Å². The van der Waals surface area contributed by atoms with Gasteiger partial charge in [0, 0.05) is 24.6 Å². The van der Waals surface area contributed by atoms with Gasteiger partial charge in [-0.15, -0.1) is 0 Å². The summed E-state index contributed by atoms with van der Waals surface area (Å²) in [5.41, 5.74) is 1.16. The van der Waals surface area contributed by atoms with E-state index in [0.29, 0.717) is 0 Å². The highest BCUT2D eigenvalue weighted by Gasteiger charge is 2.40. The molecule has 1 N–H and O–H groups in total. The van der Waals surface area contributed by atoms with Gasteiger partial charge in [-0.1, -0.05) is 6.42 Å². The molecule has 2 aliphatic rings. The van der Waals surface area contributed by atoms with Gasteiger partial charge in [-0.3, -0.25) is 0 Å². The van der Waals surface area contributed by atoms with Crippen molar-refractivity contribution in [2.24, 2.45) is 0 Å². The Labute approximate surface area is 90.1 Å². The van der Waals surface area contributed by atoms with Gasteiger partial charge in [-0.2, -0.15) is 0 Å². The van der Waals surface area contributed by atoms with Crippen molar-refractivity contribution < 1.29 is 5.11 Å². The zero-order valence-electron chi connectivity index (χ0n) is 9.08. The highest BCUT2D eigenvalue weighted by molar-refractivity contribution is 5.21. The molecule has 0 spiro atoms. The Balaban J connectivity index is 1.95. The number of aryl methyl sites for hydroxylation is 2. The van der Waals surface area contributed by atoms with Crippen LogP contribution in [0.15, 0.2) is 6.20 Å². The highest BCUT2D eigenvalue weighted by atomic mass is 16.3. The van der Waals surface area contributed by atoms with E-state index >= 15 is 0 Å². The molecule has 0 saturated heterocycles. The van der Waals surface area contributed by atoms with E-state index in [-0.39, 0.29) is 12.0 Å². The summed E-state index contributed by atoms with van der Waals surface area (Å²) in [7, 11) is 0. The lowest BCUT2D eigenvalue weighted by molar-refractivity contribution is 0.116. The minimum Gasteiger partial charge on any atom is -0.395 e. The molecule has 1 aliphatic carbocycles. The van der Waals surface area contributed by atoms with E-state index in [9.17, 15) is 5.11 Å². The number of nitrogens with zero attached hydrogens (tertiary/aromatic N) is 2. The van der Waals surface area contributed by atoms with Crippen LogP contribution in [-0.2, 0) is 18.4 Å². The normalized spacial score (nSPS) is 23.3. The molecule has 0 radical (unpaired) electrons. The number of rotatable bonds is 2. The molecule has 0 aromatic carbocycles. The molecule has 1 aromatic rings. The number of aliphatic hydroxyl groups is 1. The van der Waals surface area contributed by atoms with Gasteiger partial charge in [-0.25, -0.2) is 4.98 Å². The molecular weight excluding hydrogens is 188 g/mol. The summed E-state index contributed by atoms with van der Waals surface area (Å²) in [6.45, 7) is 1.38. The molecular formula is C12H18N2O. The predicted molar refractivity (Wildman–Crippen MR) is 57.8 cm³/mol. The Bertz CT molecular complexity index is 337. The summed E-state index contributed by atoms with van der Waals surface area (Å²) in [4.78, 5) is 4.72. The lowest BCUT2D eigenvalue weighted by Gasteiger charge is -2.38. The quantitative estimate of drug-likeness (QED) is 0.798. The van der Waals surface area contributed by atoms with Gasteiger partial charge in [-0.05, 0) is 25.7 Å². The lowest BCUT2D eigenvalue weighted by Crippen LogP contribution is -2.38. The van der Waals surface area contributed by atoms with E-state index in [0.717, 1.165) is 31.5 Å². The van der Waals surface area contributed by atoms with Crippen LogP contribution in [0.1, 0.15) is 43.6 Å². The van der Waals surface area contributed by atoms with Crippen molar-refractivity contribution in [1.82, 2.24) is 9.55 Å². The summed E-state index contributed by atoms with van der Waals surface area (Å²) < 4.78 is 2.29. The molecule has 3 nitrogen and oxygen atoms in total. The van der Waals surface area contributed by atoms with E-state index in [1.165, 1.54) is 25.1 Å². The molecule has 1 aromatic heterocycles. The number of imidazole rings is 1. The van der Waals surface area contributed by atoms with Gasteiger partial charge in [0.15, 0.2) is 0 Å². The Morgan fingerprint density at radius 1 is 1.33 bits per heavy atom. The molecule has 1 saturated carbocycles. The average molecular weight is 206 g/mol. The van der Waals surface area contributed by atoms with Gasteiger partial charge in [0.05, 0.1) is 12.3 Å². The fourth-order valence-corrected chi connectivity index (χ4v) is 2.77. The number of fused-ring (bicyclic) bond motifs is 1. The summed E-state index contributed by atoms with van der Waals surface area (Å²) >= 11 is 0. The van der Waals surface area contributed by atoms with Crippen molar-refractivity contribution in [3.05, 3.63) is 17.7 Å². The van der Waals surface area contributed by atoms with E-state index in [2.05, 4.69) is 10.8 Å². The Morgan fingerprint density at radius 2 is 2.20 bits per heavy atom. The van der Waals surface area contributed by atoms with Crippen LogP contribution in [0, 0.1) is 0 Å². The fourth-order valence-electron chi connectivity index (χ4n) is 2.77. The third kappa shape index (κ3) is 1.33. The van der Waals surface area contributed by atoms with Crippen LogP contribution in [0.2, 0.25) is 0 Å². The first-order valence-corrected chi connectivity index (χ1v) is 6.01. The van der Waals surface area contributed by atoms with Crippen molar-refractivity contribution in [2.75, 3.05) is 6.61 Å². The molecule has 82 valence electrons. The first-order valence-electron chi connectivity index (χ1n) is 6.01. The molecule has 0 atom stereocenters. The van der Waals surface area contributed by atoms with Crippen LogP contribution in [0.5, 0.6) is 0 Å². The van der Waals surface area contributed by atoms with Crippen molar-refractivity contribution in [3.63, 3.8) is 0 Å². The van der Waals surface area contributed by atoms with Gasteiger partial charge < -0.3 is 9.67 Å². The van der Waals surface area contributed by atoms with Gasteiger partial charge >= 0.3 is 0 Å². The lowest BCUT2D eigenvalue weighted by atomic mass is 9.67. The molecule has 0 bridgehead atoms. The molecule has 15 heavy (non-hydrogen) atoms. The van der Waals surface area contributed by atoms with Crippen LogP contribution >= 0.6 is 0 Å². The summed E-state index contributed by atoms with van der Waals surface area (Å²) in [6.07, 6.45) is 9.30. The smallest absolute Gasteiger partial charge is 0.108 e. The largest absolute Gasteiger partial charge is 0.395 e. The summed E-state index contributed by atoms with van der Waals surface area (Å²) in [6, 6.07) is 0. The third-order valence-corrected chi connectivity index (χ3v) is 4.07. The summed E-state index contributed by atoms with van der Waals surface area (Å²) in [5.74, 6) is 1.23. The Hall–Kier alpha value is -0.830. The van der Waals surface area contributed by atoms with Crippen LogP contribution in [0.25, 0.3) is 0 Å². The highest BCUT2D eigenvalue weighted by Crippen LogP contribution is 2.42. The Morgan fingerprint density at radius 3 is 2.80 bits per heavy atom. The summed E-state index contributed by atoms with van der Waals surface area (Å²) in [5, 5.41) is 9.50. The van der Waals surface area contributed by atoms with Crippen molar-refractivity contribution in [2.45, 2.75) is 50.5 Å². The van der Waals surface area contributed by atoms with E-state index < -0.39 is 0 Å². The molecule has 3 heteroatoms. The molecule has 0 unspecified atom stereocenters. The molecule has 0 amide bonds. The van der Waals surface area contributed by atoms with Crippen LogP contribution in [0.3, 0.4) is 0 Å². The minimum absolute atomic E-state index is 0.0182. The maximum absolute atomic E-state index is 9.50. The standard InChI is InChI=1S/C12H18N2O/c15-9-12(5-3-6-12)10-8-14-7-2-1-4-11(14)13-10/h8,15H,1-7,9H2. The number of aromatic nitrogens is 2. The Kier molecular flexibility index (Phi) is 2.09. The topological polar surface area (TPSA) is 38.0 Å². The van der Waals surface area contributed by atoms with Crippen molar-refractivity contribution in [1.29, 1.82) is 0 Å². The molecule has 1 aliphatic heterocycles. The second-order valence-corrected chi connectivity index (χ2v) is 4.98. The number of aliphatic hydroxyl groups excluding tert-OH is 1. The van der Waals surface area contributed by atoms with E-state index in [4.69, 9.17) is 4.98 Å². The van der Waals surface area contributed by atoms with Gasteiger partial charge in [0.25, 0.3) is 0 Å². The van der Waals surface area contributed by atoms with Crippen molar-refractivity contribution in [3.8, 4) is 0 Å².